The first-order valence-corrected chi connectivity index (χ1v) is 12.6. The van der Waals surface area contributed by atoms with Crippen LogP contribution in [0.25, 0.3) is 11.4 Å². The molecule has 0 aliphatic carbocycles. The highest BCUT2D eigenvalue weighted by Gasteiger charge is 2.24. The van der Waals surface area contributed by atoms with Gasteiger partial charge in [0.05, 0.1) is 29.8 Å². The molecule has 0 saturated heterocycles. The molecule has 0 bridgehead atoms. The van der Waals surface area contributed by atoms with Gasteiger partial charge in [-0.2, -0.15) is 0 Å². The first-order valence-electron chi connectivity index (χ1n) is 12.6. The topological polar surface area (TPSA) is 144 Å². The summed E-state index contributed by atoms with van der Waals surface area (Å²) in [7, 11) is 0. The van der Waals surface area contributed by atoms with Crippen molar-refractivity contribution in [1.29, 1.82) is 0 Å². The number of aryl methyl sites for hydroxylation is 1. The number of anilines is 1. The van der Waals surface area contributed by atoms with E-state index in [9.17, 15) is 19.2 Å². The molecule has 196 valence electrons. The maximum Gasteiger partial charge on any atom is 0.254 e. The molecule has 1 aromatic heterocycles. The fourth-order valence-electron chi connectivity index (χ4n) is 3.95. The Kier molecular flexibility index (Phi) is 11.0. The number of Topliss-reactive ketones (excluding diaryl/α,β-unsaturated/α-hetero) is 2. The number of carbonyl (C=O) groups is 3. The molecule has 36 heavy (non-hydrogen) atoms. The van der Waals surface area contributed by atoms with E-state index in [1.807, 2.05) is 20.8 Å². The van der Waals surface area contributed by atoms with Gasteiger partial charge in [-0.3, -0.25) is 19.2 Å². The summed E-state index contributed by atoms with van der Waals surface area (Å²) in [6.07, 6.45) is 3.15. The molecule has 0 fully saturated rings. The average Bonchev–Trinajstić information content (AvgIpc) is 2.84. The number of hydrogen-bond donors (Lipinski definition) is 3. The van der Waals surface area contributed by atoms with Gasteiger partial charge in [-0.15, -0.1) is 0 Å². The third-order valence-corrected chi connectivity index (χ3v) is 6.09. The molecule has 2 atom stereocenters. The summed E-state index contributed by atoms with van der Waals surface area (Å²) in [5.41, 5.74) is 7.93. The molecular formula is C27H38N4O5. The van der Waals surface area contributed by atoms with E-state index in [0.717, 1.165) is 6.42 Å². The highest BCUT2D eigenvalue weighted by Crippen LogP contribution is 2.31. The van der Waals surface area contributed by atoms with Crippen LogP contribution < -0.4 is 21.3 Å². The third kappa shape index (κ3) is 7.58. The molecule has 1 heterocycles. The number of H-pyrrole nitrogens is 1. The minimum absolute atomic E-state index is 0.124. The Bertz CT molecular complexity index is 1140. The van der Waals surface area contributed by atoms with Crippen LogP contribution in [-0.2, 0) is 27.2 Å². The maximum absolute atomic E-state index is 13.0. The molecule has 2 rings (SSSR count). The van der Waals surface area contributed by atoms with Crippen LogP contribution in [0.1, 0.15) is 71.6 Å². The lowest BCUT2D eigenvalue weighted by Crippen LogP contribution is -2.31. The lowest BCUT2D eigenvalue weighted by molar-refractivity contribution is -0.130. The van der Waals surface area contributed by atoms with Gasteiger partial charge in [0.15, 0.2) is 0 Å². The molecule has 9 heteroatoms. The summed E-state index contributed by atoms with van der Waals surface area (Å²) in [6.45, 7) is 9.12. The van der Waals surface area contributed by atoms with Gasteiger partial charge in [0.1, 0.15) is 23.1 Å². The van der Waals surface area contributed by atoms with Crippen LogP contribution in [0.15, 0.2) is 23.0 Å². The molecule has 2 aromatic rings. The Morgan fingerprint density at radius 2 is 1.81 bits per heavy atom. The van der Waals surface area contributed by atoms with Gasteiger partial charge in [0.2, 0.25) is 5.91 Å². The van der Waals surface area contributed by atoms with Crippen LogP contribution in [0, 0.1) is 5.92 Å². The summed E-state index contributed by atoms with van der Waals surface area (Å²) >= 11 is 0. The number of aromatic nitrogens is 2. The number of rotatable bonds is 14. The predicted molar refractivity (Wildman–Crippen MR) is 140 cm³/mol. The van der Waals surface area contributed by atoms with Crippen molar-refractivity contribution < 1.29 is 19.1 Å². The number of aromatic amines is 1. The van der Waals surface area contributed by atoms with Gasteiger partial charge >= 0.3 is 0 Å². The smallest absolute Gasteiger partial charge is 0.254 e. The summed E-state index contributed by atoms with van der Waals surface area (Å²) in [5.74, 6) is -0.799. The van der Waals surface area contributed by atoms with E-state index < -0.39 is 17.9 Å². The summed E-state index contributed by atoms with van der Waals surface area (Å²) < 4.78 is 5.88. The van der Waals surface area contributed by atoms with Crippen molar-refractivity contribution >= 4 is 23.2 Å². The number of ether oxygens (including phenoxy) is 1. The number of nitrogens with two attached hydrogens (primary N) is 1. The Morgan fingerprint density at radius 3 is 2.39 bits per heavy atom. The molecule has 0 radical (unpaired) electrons. The molecule has 2 unspecified atom stereocenters. The number of carbonyl (C=O) groups excluding carboxylic acids is 3. The number of nitrogens with zero attached hydrogens (tertiary/aromatic N) is 1. The lowest BCUT2D eigenvalue weighted by atomic mass is 9.95. The van der Waals surface area contributed by atoms with Gasteiger partial charge in [-0.25, -0.2) is 4.98 Å². The second kappa shape index (κ2) is 13.7. The summed E-state index contributed by atoms with van der Waals surface area (Å²) in [6, 6.07) is 4.50. The van der Waals surface area contributed by atoms with Crippen molar-refractivity contribution in [2.45, 2.75) is 79.2 Å². The zero-order valence-corrected chi connectivity index (χ0v) is 21.9. The van der Waals surface area contributed by atoms with Crippen molar-refractivity contribution in [3.05, 3.63) is 39.8 Å². The molecule has 0 aliphatic heterocycles. The highest BCUT2D eigenvalue weighted by atomic mass is 16.5. The number of ketones is 2. The Morgan fingerprint density at radius 1 is 1.08 bits per heavy atom. The molecule has 1 aromatic carbocycles. The maximum atomic E-state index is 13.0. The van der Waals surface area contributed by atoms with E-state index in [2.05, 4.69) is 15.3 Å². The number of hydrogen-bond acceptors (Lipinski definition) is 7. The summed E-state index contributed by atoms with van der Waals surface area (Å²) in [5, 5.41) is 2.81. The van der Waals surface area contributed by atoms with Crippen LogP contribution in [0.5, 0.6) is 5.75 Å². The van der Waals surface area contributed by atoms with Crippen molar-refractivity contribution in [1.82, 2.24) is 9.97 Å². The quantitative estimate of drug-likeness (QED) is 0.338. The number of amides is 1. The van der Waals surface area contributed by atoms with Gasteiger partial charge in [-0.05, 0) is 64.2 Å². The van der Waals surface area contributed by atoms with Crippen LogP contribution in [0.3, 0.4) is 0 Å². The Hall–Kier alpha value is -3.33. The van der Waals surface area contributed by atoms with Crippen LogP contribution >= 0.6 is 0 Å². The van der Waals surface area contributed by atoms with Gasteiger partial charge in [0.25, 0.3) is 5.56 Å². The fourth-order valence-corrected chi connectivity index (χ4v) is 3.95. The normalized spacial score (nSPS) is 12.6. The number of benzene rings is 1. The summed E-state index contributed by atoms with van der Waals surface area (Å²) in [4.78, 5) is 56.7. The first kappa shape index (κ1) is 28.9. The molecule has 1 amide bonds. The molecule has 9 nitrogen and oxygen atoms in total. The first-order chi connectivity index (χ1) is 17.1. The van der Waals surface area contributed by atoms with E-state index in [0.29, 0.717) is 72.8 Å². The lowest BCUT2D eigenvalue weighted by Gasteiger charge is -2.17. The molecule has 4 N–H and O–H groups in total. The zero-order valence-electron chi connectivity index (χ0n) is 21.9. The van der Waals surface area contributed by atoms with Crippen LogP contribution in [0.4, 0.5) is 5.69 Å². The Balaban J connectivity index is 2.35. The van der Waals surface area contributed by atoms with E-state index in [1.54, 1.807) is 18.2 Å². The predicted octanol–water partition coefficient (Wildman–Crippen LogP) is 3.58. The third-order valence-electron chi connectivity index (χ3n) is 6.09. The van der Waals surface area contributed by atoms with Crippen LogP contribution in [-0.4, -0.2) is 40.1 Å². The molecular weight excluding hydrogens is 460 g/mol. The Labute approximate surface area is 212 Å². The molecule has 0 saturated carbocycles. The van der Waals surface area contributed by atoms with Crippen molar-refractivity contribution in [2.24, 2.45) is 11.7 Å². The van der Waals surface area contributed by atoms with Gasteiger partial charge in [0, 0.05) is 11.3 Å². The van der Waals surface area contributed by atoms with Crippen molar-refractivity contribution in [3.63, 3.8) is 0 Å². The zero-order chi connectivity index (χ0) is 26.8. The van der Waals surface area contributed by atoms with Gasteiger partial charge in [-0.1, -0.05) is 27.2 Å². The average molecular weight is 499 g/mol. The standard InChI is InChI=1S/C27H38N4O5/c1-6-14-36-24-13-12-18(15-21(24)25-30-23(8-3)19(7-2)26(34)31-25)29-27(35)20(16(4)32)10-9-11-22(28)17(5)33/h12-13,15,20,22H,6-11,14,28H2,1-5H3,(H,29,35)(H,30,31,34). The van der Waals surface area contributed by atoms with E-state index in [4.69, 9.17) is 10.5 Å². The molecule has 0 aliphatic rings. The fraction of sp³-hybridized carbons (Fsp3) is 0.519. The second-order valence-electron chi connectivity index (χ2n) is 8.91. The van der Waals surface area contributed by atoms with Crippen LogP contribution in [0.2, 0.25) is 0 Å². The van der Waals surface area contributed by atoms with E-state index in [-0.39, 0.29) is 17.1 Å². The minimum Gasteiger partial charge on any atom is -0.493 e. The van der Waals surface area contributed by atoms with E-state index >= 15 is 0 Å². The largest absolute Gasteiger partial charge is 0.493 e. The van der Waals surface area contributed by atoms with Crippen molar-refractivity contribution in [3.8, 4) is 17.1 Å². The SMILES string of the molecule is CCCOc1ccc(NC(=O)C(CCCC(N)C(C)=O)C(C)=O)cc1-c1nc(CC)c(CC)c(=O)[nH]1. The molecule has 0 spiro atoms. The highest BCUT2D eigenvalue weighted by molar-refractivity contribution is 6.06. The van der Waals surface area contributed by atoms with E-state index in [1.165, 1.54) is 13.8 Å². The van der Waals surface area contributed by atoms with Gasteiger partial charge < -0.3 is 20.8 Å². The van der Waals surface area contributed by atoms with Crippen molar-refractivity contribution in [2.75, 3.05) is 11.9 Å². The number of nitrogens with one attached hydrogen (secondary N) is 2. The monoisotopic (exact) mass is 498 g/mol. The second-order valence-corrected chi connectivity index (χ2v) is 8.91. The minimum atomic E-state index is -0.864.